The molecule has 94 valence electrons. The first-order chi connectivity index (χ1) is 7.97. The fraction of sp³-hybridized carbons (Fsp3) is 0.300. The molecule has 17 heavy (non-hydrogen) atoms. The summed E-state index contributed by atoms with van der Waals surface area (Å²) in [7, 11) is 1.40. The first-order valence-electron chi connectivity index (χ1n) is 4.89. The van der Waals surface area contributed by atoms with Gasteiger partial charge in [-0.25, -0.2) is 16.5 Å². The number of hydrazine groups is 2. The number of urea groups is 1. The molecule has 0 saturated carbocycles. The maximum atomic E-state index is 11.4. The number of hydrogen-bond donors (Lipinski definition) is 3. The predicted molar refractivity (Wildman–Crippen MR) is 64.5 cm³/mol. The lowest BCUT2D eigenvalue weighted by Crippen LogP contribution is -2.47. The molecule has 2 amide bonds. The number of carbonyl (C=O) groups excluding carboxylic acids is 1. The number of amides is 2. The Morgan fingerprint density at radius 1 is 1.47 bits per heavy atom. The summed E-state index contributed by atoms with van der Waals surface area (Å²) in [4.78, 5) is 11.4. The zero-order valence-corrected chi connectivity index (χ0v) is 10.2. The van der Waals surface area contributed by atoms with Crippen molar-refractivity contribution in [2.75, 3.05) is 7.05 Å². The van der Waals surface area contributed by atoms with E-state index in [4.69, 9.17) is 23.3 Å². The van der Waals surface area contributed by atoms with E-state index in [0.29, 0.717) is 16.1 Å². The summed E-state index contributed by atoms with van der Waals surface area (Å²) in [5, 5.41) is 11.5. The second-order valence-electron chi connectivity index (χ2n) is 3.56. The molecule has 0 unspecified atom stereocenters. The van der Waals surface area contributed by atoms with Crippen molar-refractivity contribution in [1.29, 1.82) is 0 Å². The van der Waals surface area contributed by atoms with Crippen LogP contribution in [0, 0.1) is 0 Å². The van der Waals surface area contributed by atoms with Crippen LogP contribution in [-0.4, -0.2) is 28.2 Å². The highest BCUT2D eigenvalue weighted by atomic mass is 35.5. The Balaban J connectivity index is 2.88. The van der Waals surface area contributed by atoms with Crippen molar-refractivity contribution in [2.45, 2.75) is 13.2 Å². The van der Waals surface area contributed by atoms with Crippen molar-refractivity contribution in [3.05, 3.63) is 34.3 Å². The van der Waals surface area contributed by atoms with Gasteiger partial charge in [-0.15, -0.1) is 0 Å². The normalized spacial score (nSPS) is 10.2. The van der Waals surface area contributed by atoms with E-state index in [1.165, 1.54) is 7.05 Å². The van der Waals surface area contributed by atoms with Gasteiger partial charge in [0.2, 0.25) is 0 Å². The van der Waals surface area contributed by atoms with Crippen molar-refractivity contribution in [1.82, 2.24) is 10.0 Å². The van der Waals surface area contributed by atoms with E-state index in [9.17, 15) is 9.90 Å². The molecule has 1 aromatic carbocycles. The van der Waals surface area contributed by atoms with Crippen LogP contribution in [-0.2, 0) is 13.2 Å². The van der Waals surface area contributed by atoms with E-state index >= 15 is 0 Å². The Labute approximate surface area is 104 Å². The van der Waals surface area contributed by atoms with Crippen LogP contribution >= 0.6 is 11.6 Å². The van der Waals surface area contributed by atoms with Crippen molar-refractivity contribution in [3.63, 3.8) is 0 Å². The summed E-state index contributed by atoms with van der Waals surface area (Å²) in [5.74, 6) is 10.8. The molecule has 0 spiro atoms. The Bertz CT molecular complexity index is 411. The minimum atomic E-state index is -0.533. The summed E-state index contributed by atoms with van der Waals surface area (Å²) < 4.78 is 0. The van der Waals surface area contributed by atoms with Crippen LogP contribution < -0.4 is 11.7 Å². The molecule has 6 nitrogen and oxygen atoms in total. The third-order valence-corrected chi connectivity index (χ3v) is 2.62. The predicted octanol–water partition coefficient (Wildman–Crippen LogP) is 0.434. The van der Waals surface area contributed by atoms with Crippen molar-refractivity contribution in [2.24, 2.45) is 11.7 Å². The van der Waals surface area contributed by atoms with Gasteiger partial charge >= 0.3 is 6.03 Å². The number of aliphatic hydroxyl groups is 1. The third kappa shape index (κ3) is 3.31. The van der Waals surface area contributed by atoms with Gasteiger partial charge in [-0.2, -0.15) is 0 Å². The molecule has 1 rings (SSSR count). The number of carbonyl (C=O) groups is 1. The zero-order chi connectivity index (χ0) is 13.0. The number of hydrogen-bond acceptors (Lipinski definition) is 4. The molecule has 0 bridgehead atoms. The summed E-state index contributed by atoms with van der Waals surface area (Å²) in [6.07, 6.45) is 0. The Morgan fingerprint density at radius 3 is 2.65 bits per heavy atom. The van der Waals surface area contributed by atoms with Crippen LogP contribution in [0.4, 0.5) is 4.79 Å². The number of aliphatic hydroxyl groups excluding tert-OH is 1. The van der Waals surface area contributed by atoms with Gasteiger partial charge in [-0.1, -0.05) is 23.7 Å². The number of benzene rings is 1. The monoisotopic (exact) mass is 258 g/mol. The summed E-state index contributed by atoms with van der Waals surface area (Å²) in [6, 6.07) is 4.59. The first-order valence-corrected chi connectivity index (χ1v) is 5.27. The Kier molecular flexibility index (Phi) is 4.71. The Hall–Kier alpha value is -1.34. The van der Waals surface area contributed by atoms with Gasteiger partial charge in [0.25, 0.3) is 0 Å². The molecule has 0 saturated heterocycles. The molecule has 0 fully saturated rings. The van der Waals surface area contributed by atoms with E-state index in [-0.39, 0.29) is 13.2 Å². The van der Waals surface area contributed by atoms with Gasteiger partial charge in [0.15, 0.2) is 0 Å². The molecule has 0 radical (unpaired) electrons. The van der Waals surface area contributed by atoms with Crippen LogP contribution in [0.1, 0.15) is 11.1 Å². The standard InChI is InChI=1S/C10H15ClN4O2/c1-14(12)10(17)15(13)5-7-3-2-4-9(11)8(7)6-16/h2-4,16H,5-6,12-13H2,1H3. The van der Waals surface area contributed by atoms with Crippen LogP contribution in [0.2, 0.25) is 5.02 Å². The maximum Gasteiger partial charge on any atom is 0.348 e. The lowest BCUT2D eigenvalue weighted by atomic mass is 10.1. The number of halogens is 1. The SMILES string of the molecule is CN(N)C(=O)N(N)Cc1cccc(Cl)c1CO. The Morgan fingerprint density at radius 2 is 2.12 bits per heavy atom. The molecule has 0 aliphatic carbocycles. The molecular weight excluding hydrogens is 244 g/mol. The van der Waals surface area contributed by atoms with Gasteiger partial charge in [0, 0.05) is 17.6 Å². The fourth-order valence-electron chi connectivity index (χ4n) is 1.38. The van der Waals surface area contributed by atoms with Crippen LogP contribution in [0.25, 0.3) is 0 Å². The van der Waals surface area contributed by atoms with Crippen molar-refractivity contribution < 1.29 is 9.90 Å². The molecule has 0 heterocycles. The molecule has 5 N–H and O–H groups in total. The smallest absolute Gasteiger partial charge is 0.348 e. The second-order valence-corrected chi connectivity index (χ2v) is 3.96. The van der Waals surface area contributed by atoms with Crippen molar-refractivity contribution >= 4 is 17.6 Å². The minimum Gasteiger partial charge on any atom is -0.392 e. The second kappa shape index (κ2) is 5.83. The van der Waals surface area contributed by atoms with Gasteiger partial charge in [-0.3, -0.25) is 10.0 Å². The molecule has 0 aliphatic rings. The summed E-state index contributed by atoms with van der Waals surface area (Å²) >= 11 is 5.92. The molecular formula is C10H15ClN4O2. The topological polar surface area (TPSA) is 95.8 Å². The highest BCUT2D eigenvalue weighted by Gasteiger charge is 2.15. The molecule has 7 heteroatoms. The third-order valence-electron chi connectivity index (χ3n) is 2.26. The zero-order valence-electron chi connectivity index (χ0n) is 9.43. The average molecular weight is 259 g/mol. The summed E-state index contributed by atoms with van der Waals surface area (Å²) in [5.41, 5.74) is 1.23. The first kappa shape index (κ1) is 13.7. The molecule has 0 aromatic heterocycles. The quantitative estimate of drug-likeness (QED) is 0.416. The number of nitrogens with two attached hydrogens (primary N) is 2. The van der Waals surface area contributed by atoms with E-state index in [0.717, 1.165) is 10.0 Å². The minimum absolute atomic E-state index is 0.122. The molecule has 0 atom stereocenters. The van der Waals surface area contributed by atoms with Crippen molar-refractivity contribution in [3.8, 4) is 0 Å². The van der Waals surface area contributed by atoms with E-state index < -0.39 is 6.03 Å². The number of nitrogens with zero attached hydrogens (tertiary/aromatic N) is 2. The van der Waals surface area contributed by atoms with Gasteiger partial charge in [0.05, 0.1) is 13.2 Å². The van der Waals surface area contributed by atoms with E-state index in [1.807, 2.05) is 0 Å². The lowest BCUT2D eigenvalue weighted by Gasteiger charge is -2.22. The van der Waals surface area contributed by atoms with Crippen LogP contribution in [0.3, 0.4) is 0 Å². The maximum absolute atomic E-state index is 11.4. The van der Waals surface area contributed by atoms with Crippen LogP contribution in [0.5, 0.6) is 0 Å². The largest absolute Gasteiger partial charge is 0.392 e. The van der Waals surface area contributed by atoms with E-state index in [2.05, 4.69) is 0 Å². The fourth-order valence-corrected chi connectivity index (χ4v) is 1.64. The average Bonchev–Trinajstić information content (AvgIpc) is 2.28. The lowest BCUT2D eigenvalue weighted by molar-refractivity contribution is 0.161. The van der Waals surface area contributed by atoms with Gasteiger partial charge < -0.3 is 5.11 Å². The molecule has 0 aliphatic heterocycles. The highest BCUT2D eigenvalue weighted by Crippen LogP contribution is 2.20. The summed E-state index contributed by atoms with van der Waals surface area (Å²) in [6.45, 7) is -0.0909. The molecule has 1 aromatic rings. The van der Waals surface area contributed by atoms with Crippen LogP contribution in [0.15, 0.2) is 18.2 Å². The van der Waals surface area contributed by atoms with Gasteiger partial charge in [-0.05, 0) is 11.6 Å². The number of rotatable bonds is 3. The van der Waals surface area contributed by atoms with E-state index in [1.54, 1.807) is 18.2 Å². The highest BCUT2D eigenvalue weighted by molar-refractivity contribution is 6.31. The van der Waals surface area contributed by atoms with Gasteiger partial charge in [0.1, 0.15) is 0 Å².